The molecule has 0 saturated carbocycles. The number of aryl methyl sites for hydroxylation is 4. The minimum Gasteiger partial charge on any atom is -0.550 e. The van der Waals surface area contributed by atoms with E-state index < -0.39 is 59.7 Å². The van der Waals surface area contributed by atoms with Crippen LogP contribution in [0.5, 0.6) is 0 Å². The van der Waals surface area contributed by atoms with E-state index in [-0.39, 0.29) is 90.2 Å². The number of carboxylic acid groups (broad SMARTS) is 10. The smallest absolute Gasteiger partial charge is 0.550 e. The van der Waals surface area contributed by atoms with Gasteiger partial charge in [-0.1, -0.05) is 0 Å². The fraction of sp³-hybridized carbons (Fsp3) is 0.500. The van der Waals surface area contributed by atoms with Crippen LogP contribution in [-0.2, 0) is 154 Å². The molecule has 396 valence electrons. The van der Waals surface area contributed by atoms with Gasteiger partial charge >= 0.3 is 68.3 Å². The van der Waals surface area contributed by atoms with E-state index in [0.29, 0.717) is 0 Å². The van der Waals surface area contributed by atoms with Gasteiger partial charge in [0.15, 0.2) is 0 Å². The van der Waals surface area contributed by atoms with Crippen LogP contribution < -0.4 is 60.2 Å². The van der Waals surface area contributed by atoms with Crippen molar-refractivity contribution >= 4 is 59.7 Å². The van der Waals surface area contributed by atoms with Gasteiger partial charge in [-0.25, -0.2) is 18.3 Å². The van der Waals surface area contributed by atoms with E-state index in [1.165, 1.54) is 0 Å². The molecule has 0 atom stereocenters. The molecule has 2 rings (SSSR count). The first kappa shape index (κ1) is 118. The molecule has 0 aliphatic rings. The predicted molar refractivity (Wildman–Crippen MR) is 186 cm³/mol. The zero-order valence-corrected chi connectivity index (χ0v) is 41.0. The van der Waals surface area contributed by atoms with Crippen molar-refractivity contribution in [1.29, 1.82) is 0 Å². The van der Waals surface area contributed by atoms with Crippen molar-refractivity contribution in [3.63, 3.8) is 0 Å². The average molecular weight is 1140 g/mol. The third kappa shape index (κ3) is 617. The summed E-state index contributed by atoms with van der Waals surface area (Å²) in [5.74, 6) is -10.8. The van der Waals surface area contributed by atoms with Crippen molar-refractivity contribution < 1.29 is 198 Å². The molecular formula is C32H62Cu4N4O24+2. The Hall–Kier alpha value is -4.96. The van der Waals surface area contributed by atoms with Crippen LogP contribution in [0.15, 0.2) is 37.4 Å². The average Bonchev–Trinajstić information content (AvgIpc) is 3.53. The molecule has 0 unspecified atom stereocenters. The van der Waals surface area contributed by atoms with Crippen LogP contribution >= 0.6 is 0 Å². The number of nitrogens with zero attached hydrogens (tertiary/aromatic N) is 4. The van der Waals surface area contributed by atoms with Gasteiger partial charge in [0.1, 0.15) is 24.8 Å². The summed E-state index contributed by atoms with van der Waals surface area (Å²) >= 11 is 0. The normalized spacial score (nSPS) is 6.34. The molecule has 10 N–H and O–H groups in total. The zero-order chi connectivity index (χ0) is 47.7. The SMILES string of the molecule is CC(=O)[O-].CC(=O)[O-].CC(=O)[O-].CC(=O)[O-].CC(=O)[O-].CC(=O)[O-].CC(=O)[O-].CC(=O)[O-].CC(=O)[O-].CC(=O)[O-].CCn1cc[n+](C)c1.CCn1cc[n+](C)c1.O.O.[Cu+2].[Cu+2].[Cu+2].[Cu+2].[OH3+].[OH3+]. The van der Waals surface area contributed by atoms with Crippen molar-refractivity contribution in [3.05, 3.63) is 37.4 Å². The molecule has 28 nitrogen and oxygen atoms in total. The Labute approximate surface area is 413 Å². The molecule has 4 radical (unpaired) electrons. The molecule has 0 aliphatic heterocycles. The number of carbonyl (C=O) groups excluding carboxylic acids is 10. The molecule has 2 heterocycles. The summed E-state index contributed by atoms with van der Waals surface area (Å²) in [5.41, 5.74) is 0. The summed E-state index contributed by atoms with van der Waals surface area (Å²) in [6.07, 6.45) is 12.3. The molecular weight excluding hydrogens is 1080 g/mol. The molecule has 2 aromatic rings. The second kappa shape index (κ2) is 93.1. The third-order valence-electron chi connectivity index (χ3n) is 2.38. The van der Waals surface area contributed by atoms with E-state index in [0.717, 1.165) is 82.3 Å². The maximum absolute atomic E-state index is 8.89. The number of carboxylic acids is 10. The van der Waals surface area contributed by atoms with Crippen molar-refractivity contribution in [2.75, 3.05) is 0 Å². The summed E-state index contributed by atoms with van der Waals surface area (Å²) in [6.45, 7) is 16.1. The van der Waals surface area contributed by atoms with Crippen LogP contribution in [0, 0.1) is 0 Å². The summed E-state index contributed by atoms with van der Waals surface area (Å²) < 4.78 is 8.31. The summed E-state index contributed by atoms with van der Waals surface area (Å²) in [7, 11) is 4.04. The Morgan fingerprint density at radius 1 is 0.359 bits per heavy atom. The standard InChI is InChI=1S/2C6H11N2.10C2H4O2.4Cu.4H2O/c2*1-3-8-5-4-7(2)6-8;10*1-2(3)4;;;;;;;;/h2*4-6H,3H2,1-2H3;10*1H3,(H,3,4);;;;;4*1H2/q2*+1;;;;;;;;;;;4*+2;;;;/p-8. The van der Waals surface area contributed by atoms with Crippen LogP contribution in [-0.4, -0.2) is 79.8 Å². The maximum Gasteiger partial charge on any atom is 2.00 e. The number of hydrogen-bond acceptors (Lipinski definition) is 20. The fourth-order valence-electron chi connectivity index (χ4n) is 1.38. The van der Waals surface area contributed by atoms with E-state index in [4.69, 9.17) is 99.0 Å². The van der Waals surface area contributed by atoms with Gasteiger partial charge in [-0.3, -0.25) is 0 Å². The third-order valence-corrected chi connectivity index (χ3v) is 2.38. The number of carbonyl (C=O) groups is 10. The van der Waals surface area contributed by atoms with Gasteiger partial charge in [0.25, 0.3) is 0 Å². The van der Waals surface area contributed by atoms with Crippen LogP contribution in [0.25, 0.3) is 0 Å². The number of aliphatic carboxylic acids is 10. The Morgan fingerprint density at radius 3 is 0.484 bits per heavy atom. The van der Waals surface area contributed by atoms with E-state index in [1.807, 2.05) is 35.6 Å². The van der Waals surface area contributed by atoms with Crippen LogP contribution in [0.3, 0.4) is 0 Å². The van der Waals surface area contributed by atoms with Crippen LogP contribution in [0.1, 0.15) is 83.1 Å². The molecule has 0 saturated heterocycles. The zero-order valence-electron chi connectivity index (χ0n) is 37.2. The minimum absolute atomic E-state index is 0. The first-order valence-electron chi connectivity index (χ1n) is 14.8. The Bertz CT molecular complexity index is 1080. The van der Waals surface area contributed by atoms with E-state index in [1.54, 1.807) is 0 Å². The van der Waals surface area contributed by atoms with E-state index in [2.05, 4.69) is 48.0 Å². The molecule has 0 bridgehead atoms. The van der Waals surface area contributed by atoms with Gasteiger partial charge in [0.05, 0.1) is 27.2 Å². The largest absolute Gasteiger partial charge is 2.00 e. The summed E-state index contributed by atoms with van der Waals surface area (Å²) in [5, 5.41) is 88.9. The molecule has 0 spiro atoms. The molecule has 0 fully saturated rings. The monoisotopic (exact) mass is 1140 g/mol. The Kier molecular flexibility index (Phi) is 172. The molecule has 64 heavy (non-hydrogen) atoms. The molecule has 32 heteroatoms. The molecule has 0 aromatic carbocycles. The van der Waals surface area contributed by atoms with Gasteiger partial charge < -0.3 is 121 Å². The van der Waals surface area contributed by atoms with Gasteiger partial charge in [-0.2, -0.15) is 0 Å². The van der Waals surface area contributed by atoms with Gasteiger partial charge in [-0.15, -0.1) is 0 Å². The number of aromatic nitrogens is 4. The van der Waals surface area contributed by atoms with Crippen molar-refractivity contribution in [1.82, 2.24) is 9.13 Å². The topological polar surface area (TPSA) is 548 Å². The first-order valence-corrected chi connectivity index (χ1v) is 14.8. The minimum atomic E-state index is -1.08. The molecule has 0 amide bonds. The number of rotatable bonds is 2. The maximum atomic E-state index is 8.89. The second-order valence-electron chi connectivity index (χ2n) is 8.73. The van der Waals surface area contributed by atoms with Crippen LogP contribution in [0.2, 0.25) is 0 Å². The Balaban J connectivity index is -0.0000000226. The number of imidazole rings is 2. The van der Waals surface area contributed by atoms with E-state index in [9.17, 15) is 0 Å². The van der Waals surface area contributed by atoms with Gasteiger partial charge in [0, 0.05) is 59.7 Å². The molecule has 0 aliphatic carbocycles. The van der Waals surface area contributed by atoms with Crippen LogP contribution in [0.4, 0.5) is 0 Å². The van der Waals surface area contributed by atoms with Gasteiger partial charge in [0.2, 0.25) is 12.7 Å². The van der Waals surface area contributed by atoms with Crippen molar-refractivity contribution in [2.45, 2.75) is 96.2 Å². The first-order chi connectivity index (χ1) is 25.0. The summed E-state index contributed by atoms with van der Waals surface area (Å²) in [4.78, 5) is 88.9. The van der Waals surface area contributed by atoms with Crippen molar-refractivity contribution in [2.24, 2.45) is 14.1 Å². The molecule has 2 aromatic heterocycles. The van der Waals surface area contributed by atoms with Crippen molar-refractivity contribution in [3.8, 4) is 0 Å². The van der Waals surface area contributed by atoms with Gasteiger partial charge in [-0.05, 0) is 83.1 Å². The number of hydrogen-bond donors (Lipinski definition) is 0. The Morgan fingerprint density at radius 2 is 0.453 bits per heavy atom. The second-order valence-corrected chi connectivity index (χ2v) is 8.73. The summed E-state index contributed by atoms with van der Waals surface area (Å²) in [6, 6.07) is 0. The fourth-order valence-corrected chi connectivity index (χ4v) is 1.38. The van der Waals surface area contributed by atoms with E-state index >= 15 is 0 Å². The predicted octanol–water partition coefficient (Wildman–Crippen LogP) is -15.3. The quantitative estimate of drug-likeness (QED) is 0.153.